The highest BCUT2D eigenvalue weighted by molar-refractivity contribution is 5.38. The Morgan fingerprint density at radius 3 is 2.61 bits per heavy atom. The molecule has 0 aromatic carbocycles. The molecule has 31 heavy (non-hydrogen) atoms. The minimum atomic E-state index is -1.26. The first kappa shape index (κ1) is 24.7. The maximum Gasteiger partial charge on any atom is 0.128 e. The molecule has 3 aliphatic rings. The van der Waals surface area contributed by atoms with Crippen LogP contribution >= 0.6 is 0 Å². The molecule has 0 saturated heterocycles. The number of hydrogen-bond acceptors (Lipinski definition) is 3. The van der Waals surface area contributed by atoms with Gasteiger partial charge in [-0.15, -0.1) is 0 Å². The van der Waals surface area contributed by atoms with E-state index in [4.69, 9.17) is 0 Å². The average Bonchev–Trinajstić information content (AvgIpc) is 3.04. The van der Waals surface area contributed by atoms with Crippen molar-refractivity contribution in [3.8, 4) is 0 Å². The molecule has 3 saturated carbocycles. The van der Waals surface area contributed by atoms with E-state index < -0.39 is 24.0 Å². The standard InChI is InChI=1S/C27H43FO3/c1-17(8-13-25(28)26(3,4)31)22-11-12-23-19(7-6-14-27(22,23)5)9-10-20-15-21(29)16-24(30)18(20)2/h9-10,17,21-25,29-31H,2,6-8,11-16H2,1,3-5H3/t17-,21-,22-,23?,24?,25?,27-/m1/s1. The van der Waals surface area contributed by atoms with Gasteiger partial charge in [0.25, 0.3) is 0 Å². The lowest BCUT2D eigenvalue weighted by Crippen LogP contribution is -2.37. The Hall–Kier alpha value is -0.970. The van der Waals surface area contributed by atoms with Crippen LogP contribution in [0.15, 0.2) is 35.5 Å². The zero-order valence-electron chi connectivity index (χ0n) is 19.9. The quantitative estimate of drug-likeness (QED) is 0.506. The minimum absolute atomic E-state index is 0.241. The van der Waals surface area contributed by atoms with Gasteiger partial charge in [-0.05, 0) is 99.5 Å². The molecular weight excluding hydrogens is 391 g/mol. The summed E-state index contributed by atoms with van der Waals surface area (Å²) in [6.07, 6.45) is 10.0. The van der Waals surface area contributed by atoms with Crippen molar-refractivity contribution in [2.75, 3.05) is 0 Å². The summed E-state index contributed by atoms with van der Waals surface area (Å²) in [7, 11) is 0. The lowest BCUT2D eigenvalue weighted by molar-refractivity contribution is -0.0119. The first-order valence-electron chi connectivity index (χ1n) is 12.2. The molecule has 0 spiro atoms. The van der Waals surface area contributed by atoms with Crippen LogP contribution in [0.4, 0.5) is 4.39 Å². The summed E-state index contributed by atoms with van der Waals surface area (Å²) in [5.41, 5.74) is 2.17. The highest BCUT2D eigenvalue weighted by Crippen LogP contribution is 2.60. The lowest BCUT2D eigenvalue weighted by Gasteiger charge is -2.44. The SMILES string of the molecule is C=C1C(=CC=C2CCC[C@@]3(C)C2CC[C@@H]3[C@H](C)CCC(F)C(C)(C)O)C[C@@H](O)CC1O. The maximum absolute atomic E-state index is 14.3. The maximum atomic E-state index is 14.3. The van der Waals surface area contributed by atoms with E-state index in [0.29, 0.717) is 37.0 Å². The van der Waals surface area contributed by atoms with E-state index >= 15 is 0 Å². The third-order valence-electron chi connectivity index (χ3n) is 8.63. The van der Waals surface area contributed by atoms with Crippen molar-refractivity contribution < 1.29 is 19.7 Å². The van der Waals surface area contributed by atoms with Gasteiger partial charge < -0.3 is 15.3 Å². The first-order chi connectivity index (χ1) is 14.4. The van der Waals surface area contributed by atoms with Crippen molar-refractivity contribution in [3.63, 3.8) is 0 Å². The van der Waals surface area contributed by atoms with Gasteiger partial charge in [0, 0.05) is 6.42 Å². The summed E-state index contributed by atoms with van der Waals surface area (Å²) in [4.78, 5) is 0. The number of alkyl halides is 1. The minimum Gasteiger partial charge on any atom is -0.393 e. The molecule has 4 heteroatoms. The second-order valence-corrected chi connectivity index (χ2v) is 11.3. The topological polar surface area (TPSA) is 60.7 Å². The van der Waals surface area contributed by atoms with E-state index in [2.05, 4.69) is 32.6 Å². The van der Waals surface area contributed by atoms with Crippen molar-refractivity contribution in [2.45, 2.75) is 109 Å². The summed E-state index contributed by atoms with van der Waals surface area (Å²) < 4.78 is 14.3. The molecular formula is C27H43FO3. The van der Waals surface area contributed by atoms with Gasteiger partial charge in [0.2, 0.25) is 0 Å². The highest BCUT2D eigenvalue weighted by atomic mass is 19.1. The van der Waals surface area contributed by atoms with Crippen molar-refractivity contribution in [3.05, 3.63) is 35.5 Å². The molecule has 176 valence electrons. The Morgan fingerprint density at radius 2 is 1.94 bits per heavy atom. The van der Waals surface area contributed by atoms with Crippen LogP contribution in [0.5, 0.6) is 0 Å². The molecule has 0 heterocycles. The molecule has 0 amide bonds. The summed E-state index contributed by atoms with van der Waals surface area (Å²) in [6.45, 7) is 11.8. The molecule has 3 fully saturated rings. The van der Waals surface area contributed by atoms with E-state index in [1.165, 1.54) is 31.3 Å². The fourth-order valence-electron chi connectivity index (χ4n) is 6.64. The van der Waals surface area contributed by atoms with Gasteiger partial charge in [0.05, 0.1) is 17.8 Å². The van der Waals surface area contributed by atoms with Crippen LogP contribution in [0.2, 0.25) is 0 Å². The number of rotatable bonds is 6. The summed E-state index contributed by atoms with van der Waals surface area (Å²) in [5, 5.41) is 30.1. The van der Waals surface area contributed by atoms with Gasteiger partial charge in [-0.3, -0.25) is 0 Å². The van der Waals surface area contributed by atoms with Gasteiger partial charge in [0.15, 0.2) is 0 Å². The van der Waals surface area contributed by atoms with Gasteiger partial charge >= 0.3 is 0 Å². The summed E-state index contributed by atoms with van der Waals surface area (Å²) in [6, 6.07) is 0. The number of aliphatic hydroxyl groups excluding tert-OH is 2. The Kier molecular flexibility index (Phi) is 7.55. The van der Waals surface area contributed by atoms with Gasteiger partial charge in [-0.25, -0.2) is 4.39 Å². The number of allylic oxidation sites excluding steroid dienone is 3. The molecule has 3 rings (SSSR count). The van der Waals surface area contributed by atoms with Gasteiger partial charge in [0.1, 0.15) is 6.17 Å². The first-order valence-corrected chi connectivity index (χ1v) is 12.2. The Morgan fingerprint density at radius 1 is 1.23 bits per heavy atom. The lowest BCUT2D eigenvalue weighted by atomic mass is 9.60. The normalized spacial score (nSPS) is 39.0. The van der Waals surface area contributed by atoms with E-state index in [1.54, 1.807) is 13.8 Å². The Labute approximate surface area is 188 Å². The number of halogens is 1. The largest absolute Gasteiger partial charge is 0.393 e. The van der Waals surface area contributed by atoms with Gasteiger partial charge in [-0.2, -0.15) is 0 Å². The Balaban J connectivity index is 1.71. The van der Waals surface area contributed by atoms with Crippen LogP contribution < -0.4 is 0 Å². The van der Waals surface area contributed by atoms with E-state index in [1.807, 2.05) is 0 Å². The summed E-state index contributed by atoms with van der Waals surface area (Å²) in [5.74, 6) is 1.57. The van der Waals surface area contributed by atoms with Crippen molar-refractivity contribution in [2.24, 2.45) is 23.2 Å². The number of fused-ring (bicyclic) bond motifs is 1. The average molecular weight is 435 g/mol. The molecule has 3 unspecified atom stereocenters. The second-order valence-electron chi connectivity index (χ2n) is 11.3. The molecule has 0 aromatic rings. The smallest absolute Gasteiger partial charge is 0.128 e. The van der Waals surface area contributed by atoms with Crippen LogP contribution in [-0.2, 0) is 0 Å². The highest BCUT2D eigenvalue weighted by Gasteiger charge is 2.50. The summed E-state index contributed by atoms with van der Waals surface area (Å²) >= 11 is 0. The number of aliphatic hydroxyl groups is 3. The molecule has 0 bridgehead atoms. The van der Waals surface area contributed by atoms with Gasteiger partial charge in [-0.1, -0.05) is 38.2 Å². The molecule has 0 radical (unpaired) electrons. The van der Waals surface area contributed by atoms with Crippen LogP contribution in [0, 0.1) is 23.2 Å². The fourth-order valence-corrected chi connectivity index (χ4v) is 6.64. The van der Waals surface area contributed by atoms with Crippen LogP contribution in [0.3, 0.4) is 0 Å². The third kappa shape index (κ3) is 5.34. The monoisotopic (exact) mass is 434 g/mol. The van der Waals surface area contributed by atoms with Crippen molar-refractivity contribution >= 4 is 0 Å². The Bertz CT molecular complexity index is 718. The number of hydrogen-bond donors (Lipinski definition) is 3. The van der Waals surface area contributed by atoms with E-state index in [-0.39, 0.29) is 5.41 Å². The molecule has 3 aliphatic carbocycles. The zero-order valence-corrected chi connectivity index (χ0v) is 19.9. The second kappa shape index (κ2) is 9.49. The van der Waals surface area contributed by atoms with E-state index in [0.717, 1.165) is 24.0 Å². The molecule has 7 atom stereocenters. The van der Waals surface area contributed by atoms with Crippen LogP contribution in [0.25, 0.3) is 0 Å². The van der Waals surface area contributed by atoms with Crippen LogP contribution in [-0.4, -0.2) is 39.3 Å². The molecule has 0 aromatic heterocycles. The molecule has 0 aliphatic heterocycles. The van der Waals surface area contributed by atoms with Crippen molar-refractivity contribution in [1.29, 1.82) is 0 Å². The fraction of sp³-hybridized carbons (Fsp3) is 0.778. The van der Waals surface area contributed by atoms with Crippen molar-refractivity contribution in [1.82, 2.24) is 0 Å². The molecule has 3 N–H and O–H groups in total. The predicted molar refractivity (Wildman–Crippen MR) is 124 cm³/mol. The molecule has 3 nitrogen and oxygen atoms in total. The predicted octanol–water partition coefficient (Wildman–Crippen LogP) is 5.65. The zero-order chi connectivity index (χ0) is 23.0. The van der Waals surface area contributed by atoms with Crippen LogP contribution in [0.1, 0.15) is 85.5 Å². The third-order valence-corrected chi connectivity index (χ3v) is 8.63. The van der Waals surface area contributed by atoms with E-state index in [9.17, 15) is 19.7 Å².